The zero-order valence-electron chi connectivity index (χ0n) is 15.6. The number of carbonyl (C=O) groups excluding carboxylic acids is 1. The van der Waals surface area contributed by atoms with Crippen LogP contribution in [-0.2, 0) is 11.2 Å². The smallest absolute Gasteiger partial charge is 0.221 e. The Morgan fingerprint density at radius 1 is 1.36 bits per heavy atom. The van der Waals surface area contributed by atoms with E-state index in [2.05, 4.69) is 31.3 Å². The molecule has 0 aromatic heterocycles. The van der Waals surface area contributed by atoms with Crippen molar-refractivity contribution in [3.05, 3.63) is 35.9 Å². The standard InChI is InChI=1S/C20H32N2O2S/c1-14(2)9-11-22-20(15(3)23,13-16-7-5-4-6-8-16)18-17(19(21)24)10-12-25-18/h4-8,14-15,17-18,22-23H,9-13H2,1-3H3,(H2,21,24). The summed E-state index contributed by atoms with van der Waals surface area (Å²) in [4.78, 5) is 12.0. The summed E-state index contributed by atoms with van der Waals surface area (Å²) < 4.78 is 0. The number of carbonyl (C=O) groups is 1. The van der Waals surface area contributed by atoms with Gasteiger partial charge in [-0.05, 0) is 50.0 Å². The van der Waals surface area contributed by atoms with Crippen LogP contribution >= 0.6 is 11.8 Å². The Morgan fingerprint density at radius 3 is 2.60 bits per heavy atom. The number of aliphatic hydroxyl groups is 1. The number of nitrogens with two attached hydrogens (primary N) is 1. The first kappa shape index (κ1) is 20.3. The lowest BCUT2D eigenvalue weighted by atomic mass is 9.77. The predicted molar refractivity (Wildman–Crippen MR) is 106 cm³/mol. The van der Waals surface area contributed by atoms with Crippen molar-refractivity contribution >= 4 is 17.7 Å². The first-order valence-corrected chi connectivity index (χ1v) is 10.3. The molecule has 1 amide bonds. The largest absolute Gasteiger partial charge is 0.391 e. The summed E-state index contributed by atoms with van der Waals surface area (Å²) in [5, 5.41) is 14.5. The summed E-state index contributed by atoms with van der Waals surface area (Å²) in [6, 6.07) is 10.2. The third-order valence-electron chi connectivity index (χ3n) is 5.23. The molecule has 4 atom stereocenters. The normalized spacial score (nSPS) is 24.2. The molecule has 0 saturated carbocycles. The van der Waals surface area contributed by atoms with Gasteiger partial charge in [0.05, 0.1) is 17.6 Å². The molecule has 1 heterocycles. The lowest BCUT2D eigenvalue weighted by Gasteiger charge is -2.44. The molecule has 0 spiro atoms. The van der Waals surface area contributed by atoms with E-state index < -0.39 is 11.6 Å². The Labute approximate surface area is 156 Å². The average molecular weight is 365 g/mol. The van der Waals surface area contributed by atoms with Crippen molar-refractivity contribution in [2.24, 2.45) is 17.6 Å². The van der Waals surface area contributed by atoms with E-state index in [4.69, 9.17) is 5.73 Å². The van der Waals surface area contributed by atoms with Crippen LogP contribution < -0.4 is 11.1 Å². The van der Waals surface area contributed by atoms with Gasteiger partial charge in [0.15, 0.2) is 0 Å². The van der Waals surface area contributed by atoms with Gasteiger partial charge in [-0.15, -0.1) is 0 Å². The van der Waals surface area contributed by atoms with Crippen LogP contribution in [-0.4, -0.2) is 40.2 Å². The van der Waals surface area contributed by atoms with E-state index in [-0.39, 0.29) is 17.1 Å². The lowest BCUT2D eigenvalue weighted by Crippen LogP contribution is -2.64. The van der Waals surface area contributed by atoms with Gasteiger partial charge in [0, 0.05) is 5.25 Å². The molecule has 4 unspecified atom stereocenters. The van der Waals surface area contributed by atoms with Crippen molar-refractivity contribution in [1.82, 2.24) is 5.32 Å². The number of amides is 1. The van der Waals surface area contributed by atoms with Gasteiger partial charge in [-0.2, -0.15) is 11.8 Å². The molecule has 1 aromatic carbocycles. The van der Waals surface area contributed by atoms with Crippen LogP contribution in [0.15, 0.2) is 30.3 Å². The molecule has 1 aliphatic heterocycles. The minimum atomic E-state index is -0.586. The minimum absolute atomic E-state index is 0.0163. The summed E-state index contributed by atoms with van der Waals surface area (Å²) >= 11 is 1.77. The van der Waals surface area contributed by atoms with E-state index >= 15 is 0 Å². The Bertz CT molecular complexity index is 550. The Kier molecular flexibility index (Phi) is 7.35. The van der Waals surface area contributed by atoms with Crippen LogP contribution in [0.5, 0.6) is 0 Å². The van der Waals surface area contributed by atoms with E-state index in [1.807, 2.05) is 25.1 Å². The van der Waals surface area contributed by atoms with Crippen LogP contribution in [0.25, 0.3) is 0 Å². The van der Waals surface area contributed by atoms with Gasteiger partial charge in [0.2, 0.25) is 5.91 Å². The number of aliphatic hydroxyl groups excluding tert-OH is 1. The van der Waals surface area contributed by atoms with E-state index in [1.54, 1.807) is 11.8 Å². The van der Waals surface area contributed by atoms with Crippen molar-refractivity contribution in [2.75, 3.05) is 12.3 Å². The van der Waals surface area contributed by atoms with Crippen molar-refractivity contribution in [2.45, 2.75) is 56.9 Å². The van der Waals surface area contributed by atoms with Crippen LogP contribution in [0, 0.1) is 11.8 Å². The molecule has 2 rings (SSSR count). The second kappa shape index (κ2) is 9.06. The zero-order chi connectivity index (χ0) is 18.4. The number of thioether (sulfide) groups is 1. The summed E-state index contributed by atoms with van der Waals surface area (Å²) in [6.45, 7) is 7.04. The number of hydrogen-bond donors (Lipinski definition) is 3. The summed E-state index contributed by atoms with van der Waals surface area (Å²) in [7, 11) is 0. The van der Waals surface area contributed by atoms with Crippen LogP contribution in [0.2, 0.25) is 0 Å². The molecule has 4 N–H and O–H groups in total. The van der Waals surface area contributed by atoms with Crippen LogP contribution in [0.4, 0.5) is 0 Å². The molecule has 1 aromatic rings. The Balaban J connectivity index is 2.34. The molecule has 140 valence electrons. The predicted octanol–water partition coefficient (Wildman–Crippen LogP) is 2.59. The van der Waals surface area contributed by atoms with Crippen LogP contribution in [0.1, 0.15) is 39.2 Å². The highest BCUT2D eigenvalue weighted by Gasteiger charge is 2.50. The molecule has 1 saturated heterocycles. The fourth-order valence-corrected chi connectivity index (χ4v) is 5.52. The van der Waals surface area contributed by atoms with Crippen molar-refractivity contribution < 1.29 is 9.90 Å². The van der Waals surface area contributed by atoms with Crippen LogP contribution in [0.3, 0.4) is 0 Å². The molecule has 25 heavy (non-hydrogen) atoms. The van der Waals surface area contributed by atoms with Gasteiger partial charge < -0.3 is 16.2 Å². The first-order valence-electron chi connectivity index (χ1n) is 9.24. The third-order valence-corrected chi connectivity index (χ3v) is 6.81. The fraction of sp³-hybridized carbons (Fsp3) is 0.650. The second-order valence-electron chi connectivity index (χ2n) is 7.58. The highest BCUT2D eigenvalue weighted by Crippen LogP contribution is 2.42. The van der Waals surface area contributed by atoms with Crippen molar-refractivity contribution in [3.63, 3.8) is 0 Å². The Morgan fingerprint density at radius 2 is 2.04 bits per heavy atom. The van der Waals surface area contributed by atoms with Gasteiger partial charge >= 0.3 is 0 Å². The molecule has 1 aliphatic rings. The number of benzene rings is 1. The molecule has 4 nitrogen and oxygen atoms in total. The average Bonchev–Trinajstić information content (AvgIpc) is 3.04. The summed E-state index contributed by atoms with van der Waals surface area (Å²) in [5.41, 5.74) is 6.30. The minimum Gasteiger partial charge on any atom is -0.391 e. The number of primary amides is 1. The van der Waals surface area contributed by atoms with Gasteiger partial charge in [0.1, 0.15) is 0 Å². The molecule has 0 aliphatic carbocycles. The highest BCUT2D eigenvalue weighted by molar-refractivity contribution is 8.00. The van der Waals surface area contributed by atoms with Gasteiger partial charge in [-0.1, -0.05) is 44.2 Å². The molecular formula is C20H32N2O2S. The maximum atomic E-state index is 12.0. The monoisotopic (exact) mass is 364 g/mol. The molecule has 0 bridgehead atoms. The number of hydrogen-bond acceptors (Lipinski definition) is 4. The molecule has 1 fully saturated rings. The Hall–Kier alpha value is -1.04. The SMILES string of the molecule is CC(C)CCNC(Cc1ccccc1)(C(C)O)C1SCCC1C(N)=O. The van der Waals surface area contributed by atoms with Crippen molar-refractivity contribution in [1.29, 1.82) is 0 Å². The van der Waals surface area contributed by atoms with E-state index in [0.29, 0.717) is 12.3 Å². The van der Waals surface area contributed by atoms with Crippen molar-refractivity contribution in [3.8, 4) is 0 Å². The lowest BCUT2D eigenvalue weighted by molar-refractivity contribution is -0.122. The maximum absolute atomic E-state index is 12.0. The van der Waals surface area contributed by atoms with E-state index in [1.165, 1.54) is 0 Å². The van der Waals surface area contributed by atoms with Gasteiger partial charge in [-0.25, -0.2) is 0 Å². The highest BCUT2D eigenvalue weighted by atomic mass is 32.2. The fourth-order valence-electron chi connectivity index (χ4n) is 3.71. The number of rotatable bonds is 9. The summed E-state index contributed by atoms with van der Waals surface area (Å²) in [5.74, 6) is 1.04. The van der Waals surface area contributed by atoms with E-state index in [0.717, 1.165) is 30.7 Å². The zero-order valence-corrected chi connectivity index (χ0v) is 16.4. The van der Waals surface area contributed by atoms with Gasteiger partial charge in [-0.3, -0.25) is 4.79 Å². The number of nitrogens with one attached hydrogen (secondary N) is 1. The van der Waals surface area contributed by atoms with E-state index in [9.17, 15) is 9.90 Å². The molecule has 5 heteroatoms. The third kappa shape index (κ3) is 4.99. The topological polar surface area (TPSA) is 75.3 Å². The van der Waals surface area contributed by atoms with Gasteiger partial charge in [0.25, 0.3) is 0 Å². The maximum Gasteiger partial charge on any atom is 0.221 e. The molecule has 0 radical (unpaired) electrons. The molecular weight excluding hydrogens is 332 g/mol. The first-order chi connectivity index (χ1) is 11.9. The summed E-state index contributed by atoms with van der Waals surface area (Å²) in [6.07, 6.45) is 1.92. The quantitative estimate of drug-likeness (QED) is 0.629. The second-order valence-corrected chi connectivity index (χ2v) is 8.83.